The van der Waals surface area contributed by atoms with Gasteiger partial charge in [0.2, 0.25) is 11.8 Å². The fraction of sp³-hybridized carbons (Fsp3) is 0.867. The van der Waals surface area contributed by atoms with E-state index in [1.807, 2.05) is 18.7 Å². The van der Waals surface area contributed by atoms with Crippen LogP contribution >= 0.6 is 0 Å². The molecule has 5 nitrogen and oxygen atoms in total. The van der Waals surface area contributed by atoms with Crippen LogP contribution in [-0.2, 0) is 9.59 Å². The summed E-state index contributed by atoms with van der Waals surface area (Å²) in [5.41, 5.74) is 5.53. The topological polar surface area (TPSA) is 75.4 Å². The number of rotatable bonds is 5. The van der Waals surface area contributed by atoms with Crippen molar-refractivity contribution < 1.29 is 9.59 Å². The van der Waals surface area contributed by atoms with Gasteiger partial charge in [0.25, 0.3) is 0 Å². The highest BCUT2D eigenvalue weighted by Gasteiger charge is 2.29. The molecule has 116 valence electrons. The molecule has 2 amide bonds. The number of hydrogen-bond donors (Lipinski definition) is 2. The maximum absolute atomic E-state index is 12.1. The second-order valence-electron chi connectivity index (χ2n) is 6.28. The summed E-state index contributed by atoms with van der Waals surface area (Å²) in [6.45, 7) is 9.79. The van der Waals surface area contributed by atoms with Crippen LogP contribution in [0.4, 0.5) is 0 Å². The number of nitrogens with one attached hydrogen (secondary N) is 1. The molecule has 1 aliphatic rings. The van der Waals surface area contributed by atoms with Gasteiger partial charge in [-0.15, -0.1) is 0 Å². The van der Waals surface area contributed by atoms with Gasteiger partial charge in [0.15, 0.2) is 0 Å². The average Bonchev–Trinajstić information content (AvgIpc) is 2.45. The lowest BCUT2D eigenvalue weighted by molar-refractivity contribution is -0.138. The van der Waals surface area contributed by atoms with Gasteiger partial charge in [0.1, 0.15) is 0 Å². The molecular formula is C15H29N3O2. The van der Waals surface area contributed by atoms with Crippen LogP contribution < -0.4 is 11.1 Å². The molecule has 0 aliphatic carbocycles. The zero-order valence-electron chi connectivity index (χ0n) is 13.2. The first-order chi connectivity index (χ1) is 9.36. The van der Waals surface area contributed by atoms with Gasteiger partial charge in [-0.05, 0) is 25.7 Å². The molecule has 3 N–H and O–H groups in total. The lowest BCUT2D eigenvalue weighted by Crippen LogP contribution is -2.47. The molecule has 20 heavy (non-hydrogen) atoms. The summed E-state index contributed by atoms with van der Waals surface area (Å²) in [6.07, 6.45) is 1.50. The van der Waals surface area contributed by atoms with Crippen molar-refractivity contribution in [3.63, 3.8) is 0 Å². The molecule has 1 saturated heterocycles. The maximum Gasteiger partial charge on any atom is 0.226 e. The predicted molar refractivity (Wildman–Crippen MR) is 80.0 cm³/mol. The maximum atomic E-state index is 12.1. The van der Waals surface area contributed by atoms with E-state index in [9.17, 15) is 9.59 Å². The summed E-state index contributed by atoms with van der Waals surface area (Å²) in [7, 11) is 0. The van der Waals surface area contributed by atoms with Crippen molar-refractivity contribution in [1.82, 2.24) is 10.2 Å². The molecule has 0 aromatic carbocycles. The van der Waals surface area contributed by atoms with E-state index in [1.54, 1.807) is 0 Å². The molecule has 0 spiro atoms. The molecule has 0 bridgehead atoms. The Morgan fingerprint density at radius 1 is 1.20 bits per heavy atom. The van der Waals surface area contributed by atoms with E-state index in [1.165, 1.54) is 0 Å². The fourth-order valence-electron chi connectivity index (χ4n) is 2.28. The first kappa shape index (κ1) is 17.0. The molecule has 0 radical (unpaired) electrons. The zero-order chi connectivity index (χ0) is 15.3. The second kappa shape index (κ2) is 7.62. The van der Waals surface area contributed by atoms with E-state index in [2.05, 4.69) is 19.2 Å². The largest absolute Gasteiger partial charge is 0.353 e. The Balaban J connectivity index is 2.42. The van der Waals surface area contributed by atoms with Gasteiger partial charge >= 0.3 is 0 Å². The van der Waals surface area contributed by atoms with Crippen molar-refractivity contribution in [2.24, 2.45) is 23.5 Å². The number of likely N-dealkylation sites (tertiary alicyclic amines) is 1. The number of carbonyl (C=O) groups is 2. The van der Waals surface area contributed by atoms with Crippen LogP contribution in [0.5, 0.6) is 0 Å². The molecule has 1 aliphatic heterocycles. The summed E-state index contributed by atoms with van der Waals surface area (Å²) >= 11 is 0. The van der Waals surface area contributed by atoms with Gasteiger partial charge in [-0.2, -0.15) is 0 Å². The third kappa shape index (κ3) is 4.47. The standard InChI is InChI=1S/C15H29N3O2/c1-10(2)12(4)17-14(19)13-5-7-18(8-6-13)15(20)11(3)9-16/h10-13H,5-9,16H2,1-4H3,(H,17,19). The number of nitrogens with zero attached hydrogens (tertiary/aromatic N) is 1. The molecule has 1 fully saturated rings. The molecule has 1 rings (SSSR count). The van der Waals surface area contributed by atoms with Crippen molar-refractivity contribution in [2.75, 3.05) is 19.6 Å². The highest BCUT2D eigenvalue weighted by atomic mass is 16.2. The van der Waals surface area contributed by atoms with Crippen LogP contribution in [0.25, 0.3) is 0 Å². The van der Waals surface area contributed by atoms with Crippen molar-refractivity contribution in [3.05, 3.63) is 0 Å². The van der Waals surface area contributed by atoms with E-state index < -0.39 is 0 Å². The van der Waals surface area contributed by atoms with Crippen LogP contribution in [-0.4, -0.2) is 42.4 Å². The first-order valence-corrected chi connectivity index (χ1v) is 7.66. The predicted octanol–water partition coefficient (Wildman–Crippen LogP) is 0.981. The van der Waals surface area contributed by atoms with Crippen LogP contribution in [0, 0.1) is 17.8 Å². The van der Waals surface area contributed by atoms with E-state index in [0.29, 0.717) is 25.6 Å². The number of carbonyl (C=O) groups excluding carboxylic acids is 2. The number of amides is 2. The summed E-state index contributed by atoms with van der Waals surface area (Å²) < 4.78 is 0. The summed E-state index contributed by atoms with van der Waals surface area (Å²) in [5, 5.41) is 3.06. The van der Waals surface area contributed by atoms with Gasteiger partial charge in [-0.3, -0.25) is 9.59 Å². The van der Waals surface area contributed by atoms with Gasteiger partial charge in [-0.25, -0.2) is 0 Å². The smallest absolute Gasteiger partial charge is 0.226 e. The molecule has 0 saturated carbocycles. The summed E-state index contributed by atoms with van der Waals surface area (Å²) in [5.74, 6) is 0.591. The quantitative estimate of drug-likeness (QED) is 0.790. The minimum Gasteiger partial charge on any atom is -0.353 e. The van der Waals surface area contributed by atoms with E-state index >= 15 is 0 Å². The average molecular weight is 283 g/mol. The number of nitrogens with two attached hydrogens (primary N) is 1. The zero-order valence-corrected chi connectivity index (χ0v) is 13.2. The molecular weight excluding hydrogens is 254 g/mol. The minimum atomic E-state index is -0.124. The number of piperidine rings is 1. The molecule has 2 atom stereocenters. The van der Waals surface area contributed by atoms with Crippen LogP contribution in [0.15, 0.2) is 0 Å². The molecule has 0 aromatic rings. The van der Waals surface area contributed by atoms with Gasteiger partial charge in [0.05, 0.1) is 0 Å². The Labute approximate surface area is 122 Å². The van der Waals surface area contributed by atoms with E-state index in [-0.39, 0.29) is 29.7 Å². The Hall–Kier alpha value is -1.10. The van der Waals surface area contributed by atoms with Crippen LogP contribution in [0.3, 0.4) is 0 Å². The lowest BCUT2D eigenvalue weighted by Gasteiger charge is -2.33. The fourth-order valence-corrected chi connectivity index (χ4v) is 2.28. The molecule has 2 unspecified atom stereocenters. The van der Waals surface area contributed by atoms with Crippen molar-refractivity contribution in [1.29, 1.82) is 0 Å². The van der Waals surface area contributed by atoms with Crippen LogP contribution in [0.1, 0.15) is 40.5 Å². The molecule has 1 heterocycles. The van der Waals surface area contributed by atoms with Crippen molar-refractivity contribution in [2.45, 2.75) is 46.6 Å². The van der Waals surface area contributed by atoms with Crippen molar-refractivity contribution >= 4 is 11.8 Å². The Kier molecular flexibility index (Phi) is 6.46. The minimum absolute atomic E-state index is 0.0356. The SMILES string of the molecule is CC(CN)C(=O)N1CCC(C(=O)NC(C)C(C)C)CC1. The third-order valence-electron chi connectivity index (χ3n) is 4.32. The first-order valence-electron chi connectivity index (χ1n) is 7.66. The monoisotopic (exact) mass is 283 g/mol. The van der Waals surface area contributed by atoms with Gasteiger partial charge < -0.3 is 16.0 Å². The molecule has 0 aromatic heterocycles. The summed E-state index contributed by atoms with van der Waals surface area (Å²) in [6, 6.07) is 0.194. The Morgan fingerprint density at radius 2 is 1.75 bits per heavy atom. The normalized spacial score (nSPS) is 19.8. The van der Waals surface area contributed by atoms with Gasteiger partial charge in [0, 0.05) is 37.5 Å². The number of hydrogen-bond acceptors (Lipinski definition) is 3. The highest BCUT2D eigenvalue weighted by Crippen LogP contribution is 2.19. The third-order valence-corrected chi connectivity index (χ3v) is 4.32. The Bertz CT molecular complexity index is 336. The highest BCUT2D eigenvalue weighted by molar-refractivity contribution is 5.81. The molecule has 5 heteroatoms. The Morgan fingerprint density at radius 3 is 2.20 bits per heavy atom. The second-order valence-corrected chi connectivity index (χ2v) is 6.28. The lowest BCUT2D eigenvalue weighted by atomic mass is 9.94. The van der Waals surface area contributed by atoms with E-state index in [0.717, 1.165) is 12.8 Å². The summed E-state index contributed by atoms with van der Waals surface area (Å²) in [4.78, 5) is 26.0. The van der Waals surface area contributed by atoms with Gasteiger partial charge in [-0.1, -0.05) is 20.8 Å². The van der Waals surface area contributed by atoms with Crippen molar-refractivity contribution in [3.8, 4) is 0 Å². The van der Waals surface area contributed by atoms with Crippen LogP contribution in [0.2, 0.25) is 0 Å². The van der Waals surface area contributed by atoms with E-state index in [4.69, 9.17) is 5.73 Å².